The zero-order valence-corrected chi connectivity index (χ0v) is 17.7. The Morgan fingerprint density at radius 2 is 1.65 bits per heavy atom. The second-order valence-corrected chi connectivity index (χ2v) is 6.87. The van der Waals surface area contributed by atoms with Gasteiger partial charge in [-0.15, -0.1) is 0 Å². The molecular weight excluding hydrogens is 404 g/mol. The molecule has 0 spiro atoms. The lowest BCUT2D eigenvalue weighted by Gasteiger charge is -2.31. The van der Waals surface area contributed by atoms with Gasteiger partial charge in [-0.25, -0.2) is 0 Å². The van der Waals surface area contributed by atoms with Crippen LogP contribution in [0, 0.1) is 11.3 Å². The van der Waals surface area contributed by atoms with Crippen molar-refractivity contribution in [3.8, 4) is 0 Å². The fourth-order valence-corrected chi connectivity index (χ4v) is 3.24. The van der Waals surface area contributed by atoms with Gasteiger partial charge in [-0.3, -0.25) is 19.8 Å². The van der Waals surface area contributed by atoms with Crippen LogP contribution >= 0.6 is 0 Å². The average molecular weight is 434 g/mol. The molecular formula is C21H30N4O6. The second-order valence-electron chi connectivity index (χ2n) is 6.87. The number of ether oxygens (including phenoxy) is 2. The van der Waals surface area contributed by atoms with Crippen LogP contribution in [-0.4, -0.2) is 55.1 Å². The fraction of sp³-hybridized carbons (Fsp3) is 0.476. The molecule has 0 aliphatic carbocycles. The molecule has 0 heterocycles. The monoisotopic (exact) mass is 434 g/mol. The van der Waals surface area contributed by atoms with Gasteiger partial charge in [-0.1, -0.05) is 24.3 Å². The van der Waals surface area contributed by atoms with Crippen LogP contribution in [0.3, 0.4) is 0 Å². The lowest BCUT2D eigenvalue weighted by Crippen LogP contribution is -2.51. The Balaban J connectivity index is 3.50. The maximum Gasteiger partial charge on any atom is 0.323 e. The maximum absolute atomic E-state index is 13.1. The fourth-order valence-electron chi connectivity index (χ4n) is 3.24. The Morgan fingerprint density at radius 3 is 2.13 bits per heavy atom. The highest BCUT2D eigenvalue weighted by atomic mass is 16.5. The van der Waals surface area contributed by atoms with Crippen molar-refractivity contribution in [2.45, 2.75) is 44.7 Å². The number of esters is 2. The molecule has 10 heteroatoms. The van der Waals surface area contributed by atoms with Crippen LogP contribution in [0.15, 0.2) is 24.3 Å². The van der Waals surface area contributed by atoms with E-state index in [0.29, 0.717) is 17.4 Å². The molecule has 0 saturated heterocycles. The van der Waals surface area contributed by atoms with Gasteiger partial charge in [0.2, 0.25) is 0 Å². The van der Waals surface area contributed by atoms with E-state index in [9.17, 15) is 19.2 Å². The van der Waals surface area contributed by atoms with Crippen molar-refractivity contribution in [2.24, 2.45) is 23.1 Å². The van der Waals surface area contributed by atoms with E-state index in [1.54, 1.807) is 38.1 Å². The summed E-state index contributed by atoms with van der Waals surface area (Å²) in [6.45, 7) is 3.41. The number of amidine groups is 1. The highest BCUT2D eigenvalue weighted by Gasteiger charge is 2.41. The molecule has 0 radical (unpaired) electrons. The van der Waals surface area contributed by atoms with Crippen LogP contribution in [0.4, 0.5) is 0 Å². The molecule has 1 rings (SSSR count). The number of rotatable bonds is 13. The van der Waals surface area contributed by atoms with Gasteiger partial charge in [0.05, 0.1) is 31.6 Å². The summed E-state index contributed by atoms with van der Waals surface area (Å²) in [5.74, 6) is -4.35. The third kappa shape index (κ3) is 7.26. The van der Waals surface area contributed by atoms with Gasteiger partial charge in [-0.05, 0) is 19.4 Å². The van der Waals surface area contributed by atoms with Crippen LogP contribution in [0.2, 0.25) is 0 Å². The first-order valence-corrected chi connectivity index (χ1v) is 9.92. The molecule has 4 atom stereocenters. The lowest BCUT2D eigenvalue weighted by molar-refractivity contribution is -0.150. The van der Waals surface area contributed by atoms with E-state index in [1.807, 2.05) is 0 Å². The Morgan fingerprint density at radius 1 is 1.06 bits per heavy atom. The molecule has 0 saturated carbocycles. The highest BCUT2D eigenvalue weighted by molar-refractivity contribution is 5.95. The molecule has 10 nitrogen and oxygen atoms in total. The molecule has 7 N–H and O–H groups in total. The van der Waals surface area contributed by atoms with E-state index in [2.05, 4.69) is 0 Å². The van der Waals surface area contributed by atoms with Crippen molar-refractivity contribution >= 4 is 29.8 Å². The molecule has 0 bridgehead atoms. The number of benzene rings is 1. The zero-order chi connectivity index (χ0) is 23.6. The number of Topliss-reactive ketones (excluding diaryl/α,β-unsaturated/α-hetero) is 1. The van der Waals surface area contributed by atoms with Gasteiger partial charge < -0.3 is 31.5 Å². The first kappa shape index (κ1) is 25.9. The summed E-state index contributed by atoms with van der Waals surface area (Å²) < 4.78 is 10.0. The number of nitrogens with two attached hydrogens (primary N) is 3. The summed E-state index contributed by atoms with van der Waals surface area (Å²) in [6, 6.07) is 3.66. The van der Waals surface area contributed by atoms with Crippen molar-refractivity contribution in [1.29, 1.82) is 5.41 Å². The minimum Gasteiger partial charge on any atom is -0.466 e. The van der Waals surface area contributed by atoms with Crippen LogP contribution in [0.1, 0.15) is 43.7 Å². The zero-order valence-electron chi connectivity index (χ0n) is 17.7. The van der Waals surface area contributed by atoms with Gasteiger partial charge >= 0.3 is 11.9 Å². The smallest absolute Gasteiger partial charge is 0.323 e. The summed E-state index contributed by atoms with van der Waals surface area (Å²) in [5, 5.41) is 7.53. The number of hydrogen-bond donors (Lipinski definition) is 4. The molecule has 1 aromatic carbocycles. The average Bonchev–Trinajstić information content (AvgIpc) is 2.73. The standard InChI is InChI=1S/C21H30N4O6/c1-3-30-16(27)11-14(12-5-7-13(8-6-12)20(24)25)17(18(23)21(29)31-4-2)19(28)15(22)9-10-26/h5-8,10,14-15,17-18H,3-4,9,11,22-23H2,1-2H3,(H3,24,25). The van der Waals surface area contributed by atoms with Crippen LogP contribution in [0.25, 0.3) is 0 Å². The van der Waals surface area contributed by atoms with E-state index >= 15 is 0 Å². The third-order valence-corrected chi connectivity index (χ3v) is 4.77. The Labute approximate surface area is 180 Å². The molecule has 0 aliphatic heterocycles. The minimum absolute atomic E-state index is 0.0453. The maximum atomic E-state index is 13.1. The van der Waals surface area contributed by atoms with E-state index in [1.165, 1.54) is 0 Å². The minimum atomic E-state index is -1.42. The normalized spacial score (nSPS) is 14.6. The molecule has 1 aromatic rings. The van der Waals surface area contributed by atoms with Gasteiger partial charge in [0, 0.05) is 17.9 Å². The number of nitrogen functional groups attached to an aromatic ring is 1. The molecule has 0 fully saturated rings. The van der Waals surface area contributed by atoms with Crippen LogP contribution < -0.4 is 17.2 Å². The largest absolute Gasteiger partial charge is 0.466 e. The van der Waals surface area contributed by atoms with Crippen LogP contribution in [0.5, 0.6) is 0 Å². The third-order valence-electron chi connectivity index (χ3n) is 4.77. The Hall–Kier alpha value is -3.11. The summed E-state index contributed by atoms with van der Waals surface area (Å²) >= 11 is 0. The quantitative estimate of drug-likeness (QED) is 0.143. The second kappa shape index (κ2) is 12.6. The van der Waals surface area contributed by atoms with E-state index < -0.39 is 41.6 Å². The van der Waals surface area contributed by atoms with E-state index in [0.717, 1.165) is 0 Å². The first-order chi connectivity index (χ1) is 14.7. The van der Waals surface area contributed by atoms with Gasteiger partial charge in [0.1, 0.15) is 18.2 Å². The lowest BCUT2D eigenvalue weighted by atomic mass is 9.75. The van der Waals surface area contributed by atoms with Crippen molar-refractivity contribution in [3.63, 3.8) is 0 Å². The van der Waals surface area contributed by atoms with Crippen LogP contribution in [-0.2, 0) is 28.7 Å². The number of ketones is 1. The molecule has 31 heavy (non-hydrogen) atoms. The topological polar surface area (TPSA) is 189 Å². The van der Waals surface area contributed by atoms with Gasteiger partial charge in [0.25, 0.3) is 0 Å². The molecule has 0 aromatic heterocycles. The summed E-state index contributed by atoms with van der Waals surface area (Å²) in [6.07, 6.45) is -0.0254. The van der Waals surface area contributed by atoms with E-state index in [-0.39, 0.29) is 31.9 Å². The predicted octanol–water partition coefficient (Wildman–Crippen LogP) is -0.000530. The molecule has 170 valence electrons. The number of nitrogens with one attached hydrogen (secondary N) is 1. The van der Waals surface area contributed by atoms with Crippen molar-refractivity contribution in [3.05, 3.63) is 35.4 Å². The van der Waals surface area contributed by atoms with Gasteiger partial charge in [-0.2, -0.15) is 0 Å². The Bertz CT molecular complexity index is 796. The SMILES string of the molecule is CCOC(=O)CC(c1ccc(C(=N)N)cc1)C(C(=O)C(N)CC=O)C(N)C(=O)OCC. The summed E-state index contributed by atoms with van der Waals surface area (Å²) in [7, 11) is 0. The van der Waals surface area contributed by atoms with Crippen molar-refractivity contribution in [2.75, 3.05) is 13.2 Å². The van der Waals surface area contributed by atoms with Gasteiger partial charge in [0.15, 0.2) is 5.78 Å². The van der Waals surface area contributed by atoms with Crippen molar-refractivity contribution < 1.29 is 28.7 Å². The molecule has 4 unspecified atom stereocenters. The summed E-state index contributed by atoms with van der Waals surface area (Å²) in [4.78, 5) is 48.7. The highest BCUT2D eigenvalue weighted by Crippen LogP contribution is 2.33. The summed E-state index contributed by atoms with van der Waals surface area (Å²) in [5.41, 5.74) is 18.4. The number of carbonyl (C=O) groups is 4. The Kier molecular flexibility index (Phi) is 10.5. The molecule has 0 amide bonds. The van der Waals surface area contributed by atoms with Crippen molar-refractivity contribution in [1.82, 2.24) is 0 Å². The van der Waals surface area contributed by atoms with E-state index in [4.69, 9.17) is 32.1 Å². The molecule has 0 aliphatic rings. The first-order valence-electron chi connectivity index (χ1n) is 9.92. The number of hydrogen-bond acceptors (Lipinski definition) is 9. The predicted molar refractivity (Wildman–Crippen MR) is 113 cm³/mol. The number of carbonyl (C=O) groups excluding carboxylic acids is 4. The number of aldehydes is 1.